The predicted octanol–water partition coefficient (Wildman–Crippen LogP) is 2.09. The maximum absolute atomic E-state index is 12.4. The molecule has 2 bridgehead atoms. The number of pyridine rings is 1. The van der Waals surface area contributed by atoms with Crippen LogP contribution in [0.25, 0.3) is 0 Å². The lowest BCUT2D eigenvalue weighted by atomic mass is 9.69. The van der Waals surface area contributed by atoms with Gasteiger partial charge in [-0.2, -0.15) is 0 Å². The highest BCUT2D eigenvalue weighted by molar-refractivity contribution is 5.76. The quantitative estimate of drug-likeness (QED) is 0.674. The molecule has 3 rings (SSSR count). The number of nitro groups is 1. The Labute approximate surface area is 140 Å². The summed E-state index contributed by atoms with van der Waals surface area (Å²) in [6, 6.07) is 2.36. The van der Waals surface area contributed by atoms with Crippen molar-refractivity contribution < 1.29 is 9.72 Å². The van der Waals surface area contributed by atoms with Crippen molar-refractivity contribution in [1.29, 1.82) is 0 Å². The van der Waals surface area contributed by atoms with Crippen molar-refractivity contribution in [2.45, 2.75) is 52.6 Å². The standard InChI is InChI=1S/C17H23N3O4/c1-16(2)11-6-7-17(16,3)13(8-11)18-14(21)10-19-9-12(20(23)24)4-5-15(19)22/h4-5,9,11,13H,6-8,10H2,1-3H3,(H,18,21). The van der Waals surface area contributed by atoms with E-state index >= 15 is 0 Å². The van der Waals surface area contributed by atoms with E-state index in [0.29, 0.717) is 5.92 Å². The van der Waals surface area contributed by atoms with Crippen molar-refractivity contribution in [2.75, 3.05) is 0 Å². The third-order valence-corrected chi connectivity index (χ3v) is 6.62. The minimum absolute atomic E-state index is 0.0565. The van der Waals surface area contributed by atoms with Gasteiger partial charge in [-0.25, -0.2) is 0 Å². The highest BCUT2D eigenvalue weighted by atomic mass is 16.6. The normalized spacial score (nSPS) is 30.3. The first-order valence-corrected chi connectivity index (χ1v) is 8.29. The molecule has 2 saturated carbocycles. The van der Waals surface area contributed by atoms with E-state index in [1.165, 1.54) is 6.42 Å². The smallest absolute Gasteiger partial charge is 0.285 e. The first-order chi connectivity index (χ1) is 11.1. The molecule has 2 aliphatic carbocycles. The Balaban J connectivity index is 1.73. The molecule has 2 aliphatic rings. The van der Waals surface area contributed by atoms with E-state index in [1.807, 2.05) is 0 Å². The number of aromatic nitrogens is 1. The van der Waals surface area contributed by atoms with Crippen LogP contribution in [0.2, 0.25) is 0 Å². The highest BCUT2D eigenvalue weighted by Crippen LogP contribution is 2.65. The molecule has 130 valence electrons. The monoisotopic (exact) mass is 333 g/mol. The van der Waals surface area contributed by atoms with Gasteiger partial charge in [0.25, 0.3) is 11.2 Å². The molecule has 0 aliphatic heterocycles. The molecule has 0 radical (unpaired) electrons. The number of fused-ring (bicyclic) bond motifs is 2. The van der Waals surface area contributed by atoms with E-state index < -0.39 is 10.5 Å². The molecular formula is C17H23N3O4. The average Bonchev–Trinajstić information content (AvgIpc) is 2.82. The van der Waals surface area contributed by atoms with Crippen LogP contribution in [0, 0.1) is 26.9 Å². The number of rotatable bonds is 4. The Morgan fingerprint density at radius 3 is 2.67 bits per heavy atom. The van der Waals surface area contributed by atoms with E-state index in [0.717, 1.165) is 35.7 Å². The van der Waals surface area contributed by atoms with Crippen LogP contribution < -0.4 is 10.9 Å². The molecule has 2 fully saturated rings. The van der Waals surface area contributed by atoms with Gasteiger partial charge in [0, 0.05) is 18.2 Å². The fourth-order valence-corrected chi connectivity index (χ4v) is 4.57. The second kappa shape index (κ2) is 5.43. The Kier molecular flexibility index (Phi) is 3.77. The van der Waals surface area contributed by atoms with Crippen molar-refractivity contribution in [3.63, 3.8) is 0 Å². The molecule has 1 aromatic heterocycles. The maximum atomic E-state index is 12.4. The van der Waals surface area contributed by atoms with Gasteiger partial charge < -0.3 is 5.32 Å². The van der Waals surface area contributed by atoms with E-state index in [2.05, 4.69) is 26.1 Å². The molecule has 24 heavy (non-hydrogen) atoms. The number of carbonyl (C=O) groups excluding carboxylic acids is 1. The van der Waals surface area contributed by atoms with Crippen molar-refractivity contribution in [3.05, 3.63) is 38.8 Å². The Morgan fingerprint density at radius 2 is 2.12 bits per heavy atom. The van der Waals surface area contributed by atoms with Gasteiger partial charge in [-0.05, 0) is 36.0 Å². The van der Waals surface area contributed by atoms with Crippen LogP contribution in [0.15, 0.2) is 23.1 Å². The third-order valence-electron chi connectivity index (χ3n) is 6.62. The largest absolute Gasteiger partial charge is 0.351 e. The number of nitrogens with one attached hydrogen (secondary N) is 1. The Hall–Kier alpha value is -2.18. The minimum atomic E-state index is -0.576. The summed E-state index contributed by atoms with van der Waals surface area (Å²) in [7, 11) is 0. The predicted molar refractivity (Wildman–Crippen MR) is 88.5 cm³/mol. The number of carbonyl (C=O) groups is 1. The zero-order valence-corrected chi connectivity index (χ0v) is 14.2. The highest BCUT2D eigenvalue weighted by Gasteiger charge is 2.61. The van der Waals surface area contributed by atoms with Crippen LogP contribution in [0.3, 0.4) is 0 Å². The summed E-state index contributed by atoms with van der Waals surface area (Å²) >= 11 is 0. The number of nitrogens with zero attached hydrogens (tertiary/aromatic N) is 2. The Morgan fingerprint density at radius 1 is 1.42 bits per heavy atom. The first kappa shape index (κ1) is 16.7. The molecular weight excluding hydrogens is 310 g/mol. The minimum Gasteiger partial charge on any atom is -0.351 e. The molecule has 0 saturated heterocycles. The van der Waals surface area contributed by atoms with Crippen LogP contribution in [0.5, 0.6) is 0 Å². The SMILES string of the molecule is CC1(C)C2CCC1(C)C(NC(=O)Cn1cc([N+](=O)[O-])ccc1=O)C2. The number of hydrogen-bond acceptors (Lipinski definition) is 4. The lowest BCUT2D eigenvalue weighted by Gasteiger charge is -2.39. The average molecular weight is 333 g/mol. The topological polar surface area (TPSA) is 94.2 Å². The second-order valence-corrected chi connectivity index (χ2v) is 7.84. The summed E-state index contributed by atoms with van der Waals surface area (Å²) in [6.07, 6.45) is 4.36. The number of hydrogen-bond donors (Lipinski definition) is 1. The summed E-state index contributed by atoms with van der Waals surface area (Å²) in [6.45, 7) is 6.56. The van der Waals surface area contributed by atoms with Gasteiger partial charge in [0.05, 0.1) is 11.1 Å². The third kappa shape index (κ3) is 2.42. The molecule has 1 aromatic rings. The van der Waals surface area contributed by atoms with Gasteiger partial charge in [-0.15, -0.1) is 0 Å². The van der Waals surface area contributed by atoms with E-state index in [4.69, 9.17) is 0 Å². The summed E-state index contributed by atoms with van der Waals surface area (Å²) in [5.41, 5.74) is -0.375. The first-order valence-electron chi connectivity index (χ1n) is 8.29. The van der Waals surface area contributed by atoms with Gasteiger partial charge >= 0.3 is 0 Å². The molecule has 1 heterocycles. The molecule has 7 heteroatoms. The summed E-state index contributed by atoms with van der Waals surface area (Å²) in [4.78, 5) is 34.5. The zero-order valence-electron chi connectivity index (χ0n) is 14.2. The fraction of sp³-hybridized carbons (Fsp3) is 0.647. The Bertz CT molecular complexity index is 754. The zero-order chi connectivity index (χ0) is 17.7. The van der Waals surface area contributed by atoms with Crippen LogP contribution >= 0.6 is 0 Å². The summed E-state index contributed by atoms with van der Waals surface area (Å²) < 4.78 is 1.09. The van der Waals surface area contributed by atoms with E-state index in [9.17, 15) is 19.7 Å². The van der Waals surface area contributed by atoms with E-state index in [-0.39, 0.29) is 35.0 Å². The van der Waals surface area contributed by atoms with Crippen LogP contribution in [-0.4, -0.2) is 21.4 Å². The van der Waals surface area contributed by atoms with Crippen LogP contribution in [-0.2, 0) is 11.3 Å². The van der Waals surface area contributed by atoms with Gasteiger partial charge in [0.1, 0.15) is 6.54 Å². The van der Waals surface area contributed by atoms with Gasteiger partial charge in [-0.3, -0.25) is 24.3 Å². The molecule has 0 spiro atoms. The molecule has 0 aromatic carbocycles. The fourth-order valence-electron chi connectivity index (χ4n) is 4.57. The van der Waals surface area contributed by atoms with Crippen molar-refractivity contribution in [2.24, 2.45) is 16.7 Å². The van der Waals surface area contributed by atoms with Crippen molar-refractivity contribution in [1.82, 2.24) is 9.88 Å². The summed E-state index contributed by atoms with van der Waals surface area (Å²) in [5, 5.41) is 13.9. The molecule has 7 nitrogen and oxygen atoms in total. The lowest BCUT2D eigenvalue weighted by molar-refractivity contribution is -0.385. The van der Waals surface area contributed by atoms with Crippen molar-refractivity contribution >= 4 is 11.6 Å². The van der Waals surface area contributed by atoms with Gasteiger partial charge in [0.15, 0.2) is 0 Å². The second-order valence-electron chi connectivity index (χ2n) is 7.84. The van der Waals surface area contributed by atoms with Crippen LogP contribution in [0.1, 0.15) is 40.0 Å². The van der Waals surface area contributed by atoms with Crippen molar-refractivity contribution in [3.8, 4) is 0 Å². The molecule has 1 N–H and O–H groups in total. The van der Waals surface area contributed by atoms with Crippen LogP contribution in [0.4, 0.5) is 5.69 Å². The molecule has 3 unspecified atom stereocenters. The maximum Gasteiger partial charge on any atom is 0.285 e. The lowest BCUT2D eigenvalue weighted by Crippen LogP contribution is -2.48. The van der Waals surface area contributed by atoms with Gasteiger partial charge in [-0.1, -0.05) is 20.8 Å². The van der Waals surface area contributed by atoms with E-state index in [1.54, 1.807) is 0 Å². The summed E-state index contributed by atoms with van der Waals surface area (Å²) in [5.74, 6) is 0.334. The number of amides is 1. The molecule has 3 atom stereocenters. The van der Waals surface area contributed by atoms with Gasteiger partial charge in [0.2, 0.25) is 5.91 Å². The molecule has 1 amide bonds.